The molecule has 0 saturated heterocycles. The average Bonchev–Trinajstić information content (AvgIpc) is 3.23. The molecule has 2 aromatic carbocycles. The largest absolute Gasteiger partial charge is 0.493 e. The van der Waals surface area contributed by atoms with E-state index in [1.807, 2.05) is 30.3 Å². The monoisotopic (exact) mass is 599 g/mol. The normalized spacial score (nSPS) is 23.9. The van der Waals surface area contributed by atoms with E-state index in [1.54, 1.807) is 19.2 Å². The molecule has 0 aromatic heterocycles. The lowest BCUT2D eigenvalue weighted by Crippen LogP contribution is -2.54. The Hall–Kier alpha value is -4.46. The van der Waals surface area contributed by atoms with Crippen LogP contribution in [0, 0.1) is 0 Å². The van der Waals surface area contributed by atoms with Gasteiger partial charge in [-0.3, -0.25) is 4.79 Å². The summed E-state index contributed by atoms with van der Waals surface area (Å²) in [4.78, 5) is 45.5. The van der Waals surface area contributed by atoms with Gasteiger partial charge in [0, 0.05) is 18.5 Å². The Kier molecular flexibility index (Phi) is 9.09. The minimum atomic E-state index is -3.22. The number of carboxylic acid groups (broad SMARTS) is 3. The number of carbonyl (C=O) groups excluding carboxylic acids is 1. The van der Waals surface area contributed by atoms with Crippen LogP contribution >= 0.6 is 0 Å². The number of benzene rings is 2. The Morgan fingerprint density at radius 2 is 1.81 bits per heavy atom. The first-order valence-corrected chi connectivity index (χ1v) is 13.4. The minimum absolute atomic E-state index is 0.0716. The van der Waals surface area contributed by atoms with Crippen molar-refractivity contribution >= 4 is 23.9 Å². The van der Waals surface area contributed by atoms with Gasteiger partial charge in [-0.2, -0.15) is 0 Å². The van der Waals surface area contributed by atoms with Crippen molar-refractivity contribution in [2.45, 2.75) is 55.1 Å². The number of carboxylic acids is 3. The highest BCUT2D eigenvalue weighted by Crippen LogP contribution is 2.55. The quantitative estimate of drug-likeness (QED) is 0.216. The molecule has 5 unspecified atom stereocenters. The summed E-state index contributed by atoms with van der Waals surface area (Å²) in [5, 5.41) is 42.6. The van der Waals surface area contributed by atoms with E-state index in [9.17, 15) is 19.2 Å². The van der Waals surface area contributed by atoms with E-state index in [0.29, 0.717) is 12.0 Å². The fraction of sp³-hybridized carbons (Fsp3) is 0.400. The van der Waals surface area contributed by atoms with Gasteiger partial charge in [-0.25, -0.2) is 14.4 Å². The predicted octanol–water partition coefficient (Wildman–Crippen LogP) is 1.44. The van der Waals surface area contributed by atoms with Gasteiger partial charge < -0.3 is 44.6 Å². The molecular weight excluding hydrogens is 566 g/mol. The van der Waals surface area contributed by atoms with Gasteiger partial charge in [0.25, 0.3) is 0 Å². The molecule has 43 heavy (non-hydrogen) atoms. The van der Waals surface area contributed by atoms with E-state index in [2.05, 4.69) is 24.1 Å². The van der Waals surface area contributed by atoms with Gasteiger partial charge in [-0.05, 0) is 49.9 Å². The number of aliphatic carboxylic acids is 3. The van der Waals surface area contributed by atoms with Crippen molar-refractivity contribution < 1.29 is 58.9 Å². The molecule has 1 aliphatic carbocycles. The van der Waals surface area contributed by atoms with Gasteiger partial charge in [-0.15, -0.1) is 0 Å². The Morgan fingerprint density at radius 1 is 1.12 bits per heavy atom. The van der Waals surface area contributed by atoms with Crippen molar-refractivity contribution in [3.63, 3.8) is 0 Å². The van der Waals surface area contributed by atoms with Crippen LogP contribution in [0.4, 0.5) is 0 Å². The number of carbonyl (C=O) groups is 4. The molecule has 2 aromatic rings. The van der Waals surface area contributed by atoms with Crippen LogP contribution in [0.1, 0.15) is 40.7 Å². The Labute approximate surface area is 246 Å². The second-order valence-electron chi connectivity index (χ2n) is 10.7. The van der Waals surface area contributed by atoms with Gasteiger partial charge in [0.1, 0.15) is 12.2 Å². The summed E-state index contributed by atoms with van der Waals surface area (Å²) in [7, 11) is 3.83. The molecule has 5 rings (SSSR count). The third-order valence-corrected chi connectivity index (χ3v) is 7.88. The summed E-state index contributed by atoms with van der Waals surface area (Å²) in [6.07, 6.45) is 1.39. The molecule has 1 spiro atoms. The molecule has 0 radical (unpaired) electrons. The summed E-state index contributed by atoms with van der Waals surface area (Å²) in [5.41, 5.74) is -0.322. The fourth-order valence-electron chi connectivity index (χ4n) is 5.66. The highest BCUT2D eigenvalue weighted by Gasteiger charge is 2.53. The Bertz CT molecular complexity index is 1430. The van der Waals surface area contributed by atoms with Crippen LogP contribution in [-0.4, -0.2) is 98.9 Å². The lowest BCUT2D eigenvalue weighted by atomic mass is 9.69. The summed E-state index contributed by atoms with van der Waals surface area (Å²) >= 11 is 0. The Morgan fingerprint density at radius 3 is 2.42 bits per heavy atom. The maximum Gasteiger partial charge on any atom is 0.339 e. The Balaban J connectivity index is 0.000000258. The minimum Gasteiger partial charge on any atom is -0.493 e. The fourth-order valence-corrected chi connectivity index (χ4v) is 5.66. The van der Waals surface area contributed by atoms with E-state index in [0.717, 1.165) is 31.0 Å². The molecule has 2 heterocycles. The van der Waals surface area contributed by atoms with Gasteiger partial charge in [-0.1, -0.05) is 30.3 Å². The van der Waals surface area contributed by atoms with Gasteiger partial charge in [0.15, 0.2) is 17.6 Å². The number of esters is 1. The first-order chi connectivity index (χ1) is 20.3. The van der Waals surface area contributed by atoms with Crippen molar-refractivity contribution in [3.8, 4) is 11.5 Å². The maximum atomic E-state index is 12.5. The van der Waals surface area contributed by atoms with Crippen LogP contribution in [-0.2, 0) is 31.1 Å². The number of hydrogen-bond donors (Lipinski definition) is 5. The molecular formula is C30H33NO12. The molecule has 5 N–H and O–H groups in total. The number of nitrogens with zero attached hydrogens (tertiary/aromatic N) is 1. The van der Waals surface area contributed by atoms with Crippen LogP contribution in [0.3, 0.4) is 0 Å². The molecule has 0 fully saturated rings. The molecule has 0 saturated carbocycles. The SMILES string of the molecule is COc1ccc2c3c1OC1CC(OC(=O)c4ccccc4)C=CC31CCN(C)C2.O=C(O)CC(O)(C(=O)O)C(O)C(=O)O. The topological polar surface area (TPSA) is 200 Å². The number of rotatable bonds is 8. The number of aliphatic hydroxyl groups excluding tert-OH is 1. The highest BCUT2D eigenvalue weighted by molar-refractivity contribution is 5.91. The van der Waals surface area contributed by atoms with Crippen molar-refractivity contribution in [1.29, 1.82) is 0 Å². The summed E-state index contributed by atoms with van der Waals surface area (Å²) in [6.45, 7) is 1.87. The van der Waals surface area contributed by atoms with E-state index < -0.39 is 36.0 Å². The molecule has 3 aliphatic rings. The van der Waals surface area contributed by atoms with E-state index in [1.165, 1.54) is 11.1 Å². The smallest absolute Gasteiger partial charge is 0.339 e. The standard InChI is InChI=1S/C24H25NO4.C6H8O8/c1-25-13-12-24-11-10-18(28-23(26)16-6-4-3-5-7-16)14-20(24)29-22-19(27-2)9-8-17(15-25)21(22)24;7-2(8)1-6(14,5(12)13)3(9)4(10)11/h3-11,18,20H,12-15H2,1-2H3;3,9,14H,1H2,(H,7,8)(H,10,11)(H,12,13). The van der Waals surface area contributed by atoms with Gasteiger partial charge in [0.2, 0.25) is 5.60 Å². The molecule has 13 nitrogen and oxygen atoms in total. The first kappa shape index (κ1) is 31.5. The van der Waals surface area contributed by atoms with E-state index in [-0.39, 0.29) is 23.6 Å². The zero-order chi connectivity index (χ0) is 31.5. The van der Waals surface area contributed by atoms with Crippen molar-refractivity contribution in [2.75, 3.05) is 20.7 Å². The lowest BCUT2D eigenvalue weighted by molar-refractivity contribution is -0.187. The molecule has 13 heteroatoms. The second-order valence-corrected chi connectivity index (χ2v) is 10.7. The van der Waals surface area contributed by atoms with Crippen molar-refractivity contribution in [1.82, 2.24) is 4.90 Å². The average molecular weight is 600 g/mol. The molecule has 5 atom stereocenters. The van der Waals surface area contributed by atoms with E-state index in [4.69, 9.17) is 39.7 Å². The molecule has 0 amide bonds. The van der Waals surface area contributed by atoms with Crippen molar-refractivity contribution in [2.24, 2.45) is 0 Å². The summed E-state index contributed by atoms with van der Waals surface area (Å²) in [6, 6.07) is 13.3. The van der Waals surface area contributed by atoms with Crippen LogP contribution in [0.5, 0.6) is 11.5 Å². The number of hydrogen-bond acceptors (Lipinski definition) is 10. The van der Waals surface area contributed by atoms with Crippen molar-refractivity contribution in [3.05, 3.63) is 71.3 Å². The lowest BCUT2D eigenvalue weighted by Gasteiger charge is -2.36. The molecule has 230 valence electrons. The van der Waals surface area contributed by atoms with Gasteiger partial charge in [0.05, 0.1) is 24.5 Å². The number of aliphatic hydroxyl groups is 2. The third-order valence-electron chi connectivity index (χ3n) is 7.88. The zero-order valence-corrected chi connectivity index (χ0v) is 23.5. The van der Waals surface area contributed by atoms with E-state index >= 15 is 0 Å². The van der Waals surface area contributed by atoms with Crippen LogP contribution in [0.15, 0.2) is 54.6 Å². The molecule has 0 bridgehead atoms. The summed E-state index contributed by atoms with van der Waals surface area (Å²) < 4.78 is 17.9. The number of methoxy groups -OCH3 is 1. The van der Waals surface area contributed by atoms with Gasteiger partial charge >= 0.3 is 23.9 Å². The first-order valence-electron chi connectivity index (χ1n) is 13.4. The predicted molar refractivity (Wildman–Crippen MR) is 148 cm³/mol. The molecule has 2 aliphatic heterocycles. The van der Waals surface area contributed by atoms with Crippen LogP contribution in [0.2, 0.25) is 0 Å². The highest BCUT2D eigenvalue weighted by atomic mass is 16.6. The third kappa shape index (κ3) is 6.19. The van der Waals surface area contributed by atoms with Crippen LogP contribution in [0.25, 0.3) is 0 Å². The summed E-state index contributed by atoms with van der Waals surface area (Å²) in [5.74, 6) is -4.55. The number of ether oxygens (including phenoxy) is 3. The van der Waals surface area contributed by atoms with Crippen LogP contribution < -0.4 is 9.47 Å². The maximum absolute atomic E-state index is 12.5. The second kappa shape index (κ2) is 12.4. The zero-order valence-electron chi connectivity index (χ0n) is 23.5.